The molecule has 2 unspecified atom stereocenters. The lowest BCUT2D eigenvalue weighted by molar-refractivity contribution is -0.133. The van der Waals surface area contributed by atoms with Gasteiger partial charge in [-0.3, -0.25) is 14.4 Å². The molecule has 2 rings (SSSR count). The van der Waals surface area contributed by atoms with E-state index in [0.29, 0.717) is 19.3 Å². The first-order valence-corrected chi connectivity index (χ1v) is 7.18. The van der Waals surface area contributed by atoms with Crippen molar-refractivity contribution in [3.63, 3.8) is 0 Å². The van der Waals surface area contributed by atoms with E-state index in [0.717, 1.165) is 12.1 Å². The molecular formula is C15H17F2N3O3. The van der Waals surface area contributed by atoms with Crippen molar-refractivity contribution in [2.24, 2.45) is 0 Å². The van der Waals surface area contributed by atoms with Crippen LogP contribution in [0.1, 0.15) is 30.9 Å². The zero-order valence-corrected chi connectivity index (χ0v) is 12.5. The molecule has 3 amide bonds. The van der Waals surface area contributed by atoms with Crippen LogP contribution < -0.4 is 16.0 Å². The van der Waals surface area contributed by atoms with Crippen LogP contribution in [-0.4, -0.2) is 30.8 Å². The van der Waals surface area contributed by atoms with E-state index in [1.54, 1.807) is 0 Å². The van der Waals surface area contributed by atoms with Crippen molar-refractivity contribution in [2.75, 3.05) is 7.05 Å². The van der Waals surface area contributed by atoms with E-state index in [2.05, 4.69) is 16.0 Å². The molecule has 124 valence electrons. The highest BCUT2D eigenvalue weighted by atomic mass is 19.2. The van der Waals surface area contributed by atoms with Gasteiger partial charge in [-0.25, -0.2) is 8.78 Å². The Labute approximate surface area is 131 Å². The van der Waals surface area contributed by atoms with Gasteiger partial charge in [-0.05, 0) is 30.5 Å². The number of halogens is 2. The third-order valence-corrected chi connectivity index (χ3v) is 3.62. The van der Waals surface area contributed by atoms with Crippen LogP contribution in [0.3, 0.4) is 0 Å². The standard InChI is InChI=1S/C15H17F2N3O3/c1-18-15(23)13(8-5-6-9(16)10(17)7-8)20-14(22)11-3-2-4-12(21)19-11/h5-7,11,13H,2-4H2,1H3,(H,18,23)(H,19,21)(H,20,22). The summed E-state index contributed by atoms with van der Waals surface area (Å²) < 4.78 is 26.4. The lowest BCUT2D eigenvalue weighted by Crippen LogP contribution is -2.51. The molecule has 0 radical (unpaired) electrons. The van der Waals surface area contributed by atoms with E-state index in [1.165, 1.54) is 13.1 Å². The molecule has 23 heavy (non-hydrogen) atoms. The Bertz CT molecular complexity index is 636. The fraction of sp³-hybridized carbons (Fsp3) is 0.400. The third-order valence-electron chi connectivity index (χ3n) is 3.62. The number of rotatable bonds is 4. The Morgan fingerprint density at radius 3 is 2.65 bits per heavy atom. The molecule has 1 aliphatic rings. The van der Waals surface area contributed by atoms with Gasteiger partial charge >= 0.3 is 0 Å². The van der Waals surface area contributed by atoms with Gasteiger partial charge in [0.25, 0.3) is 0 Å². The summed E-state index contributed by atoms with van der Waals surface area (Å²) in [5.41, 5.74) is 0.110. The van der Waals surface area contributed by atoms with Gasteiger partial charge < -0.3 is 16.0 Å². The summed E-state index contributed by atoms with van der Waals surface area (Å²) in [5, 5.41) is 7.36. The quantitative estimate of drug-likeness (QED) is 0.755. The largest absolute Gasteiger partial charge is 0.357 e. The first-order valence-electron chi connectivity index (χ1n) is 7.18. The molecule has 0 saturated carbocycles. The minimum absolute atomic E-state index is 0.110. The van der Waals surface area contributed by atoms with Gasteiger partial charge in [-0.2, -0.15) is 0 Å². The van der Waals surface area contributed by atoms with Crippen molar-refractivity contribution < 1.29 is 23.2 Å². The number of piperidine rings is 1. The average molecular weight is 325 g/mol. The molecule has 8 heteroatoms. The van der Waals surface area contributed by atoms with Gasteiger partial charge in [0, 0.05) is 13.5 Å². The minimum atomic E-state index is -1.18. The van der Waals surface area contributed by atoms with Crippen LogP contribution in [-0.2, 0) is 14.4 Å². The van der Waals surface area contributed by atoms with Gasteiger partial charge in [-0.15, -0.1) is 0 Å². The fourth-order valence-electron chi connectivity index (χ4n) is 2.38. The molecule has 0 spiro atoms. The lowest BCUT2D eigenvalue weighted by Gasteiger charge is -2.25. The summed E-state index contributed by atoms with van der Waals surface area (Å²) in [5.74, 6) is -3.52. The number of hydrogen-bond acceptors (Lipinski definition) is 3. The van der Waals surface area contributed by atoms with Gasteiger partial charge in [-0.1, -0.05) is 6.07 Å². The fourth-order valence-corrected chi connectivity index (χ4v) is 2.38. The monoisotopic (exact) mass is 325 g/mol. The number of hydrogen-bond donors (Lipinski definition) is 3. The van der Waals surface area contributed by atoms with Crippen LogP contribution in [0.15, 0.2) is 18.2 Å². The average Bonchev–Trinajstić information content (AvgIpc) is 2.54. The maximum absolute atomic E-state index is 13.4. The van der Waals surface area contributed by atoms with Crippen molar-refractivity contribution >= 4 is 17.7 Å². The highest BCUT2D eigenvalue weighted by Gasteiger charge is 2.29. The van der Waals surface area contributed by atoms with Crippen LogP contribution in [0, 0.1) is 11.6 Å². The lowest BCUT2D eigenvalue weighted by atomic mass is 10.0. The number of carbonyl (C=O) groups is 3. The second-order valence-electron chi connectivity index (χ2n) is 5.24. The Hall–Kier alpha value is -2.51. The highest BCUT2D eigenvalue weighted by molar-refractivity contribution is 5.93. The van der Waals surface area contributed by atoms with E-state index in [4.69, 9.17) is 0 Å². The zero-order valence-electron chi connectivity index (χ0n) is 12.5. The molecular weight excluding hydrogens is 308 g/mol. The Balaban J connectivity index is 2.18. The number of amides is 3. The third kappa shape index (κ3) is 4.02. The highest BCUT2D eigenvalue weighted by Crippen LogP contribution is 2.18. The molecule has 2 atom stereocenters. The van der Waals surface area contributed by atoms with E-state index in [9.17, 15) is 23.2 Å². The molecule has 1 fully saturated rings. The molecule has 0 aliphatic carbocycles. The van der Waals surface area contributed by atoms with Crippen molar-refractivity contribution in [3.05, 3.63) is 35.4 Å². The molecule has 1 aliphatic heterocycles. The summed E-state index contributed by atoms with van der Waals surface area (Å²) in [4.78, 5) is 35.5. The Morgan fingerprint density at radius 1 is 1.30 bits per heavy atom. The molecule has 3 N–H and O–H groups in total. The van der Waals surface area contributed by atoms with Gasteiger partial charge in [0.15, 0.2) is 11.6 Å². The van der Waals surface area contributed by atoms with Crippen molar-refractivity contribution in [3.8, 4) is 0 Å². The van der Waals surface area contributed by atoms with Crippen LogP contribution in [0.2, 0.25) is 0 Å². The number of nitrogens with one attached hydrogen (secondary N) is 3. The molecule has 0 bridgehead atoms. The minimum Gasteiger partial charge on any atom is -0.357 e. The molecule has 0 aromatic heterocycles. The molecule has 1 aromatic carbocycles. The number of likely N-dealkylation sites (N-methyl/N-ethyl adjacent to an activating group) is 1. The van der Waals surface area contributed by atoms with Crippen molar-refractivity contribution in [2.45, 2.75) is 31.3 Å². The summed E-state index contributed by atoms with van der Waals surface area (Å²) in [6.45, 7) is 0. The Kier molecular flexibility index (Phi) is 5.25. The normalized spacial score (nSPS) is 18.7. The molecule has 6 nitrogen and oxygen atoms in total. The maximum Gasteiger partial charge on any atom is 0.246 e. The summed E-state index contributed by atoms with van der Waals surface area (Å²) in [6, 6.07) is 1.04. The van der Waals surface area contributed by atoms with E-state index in [1.807, 2.05) is 0 Å². The SMILES string of the molecule is CNC(=O)C(NC(=O)C1CCCC(=O)N1)c1ccc(F)c(F)c1. The van der Waals surface area contributed by atoms with Crippen LogP contribution >= 0.6 is 0 Å². The predicted octanol–water partition coefficient (Wildman–Crippen LogP) is 0.537. The van der Waals surface area contributed by atoms with Crippen molar-refractivity contribution in [1.82, 2.24) is 16.0 Å². The van der Waals surface area contributed by atoms with E-state index in [-0.39, 0.29) is 11.5 Å². The van der Waals surface area contributed by atoms with Crippen LogP contribution in [0.25, 0.3) is 0 Å². The van der Waals surface area contributed by atoms with E-state index < -0.39 is 35.5 Å². The maximum atomic E-state index is 13.4. The number of carbonyl (C=O) groups excluding carboxylic acids is 3. The van der Waals surface area contributed by atoms with E-state index >= 15 is 0 Å². The first-order chi connectivity index (χ1) is 10.9. The molecule has 1 saturated heterocycles. The summed E-state index contributed by atoms with van der Waals surface area (Å²) in [7, 11) is 1.36. The predicted molar refractivity (Wildman–Crippen MR) is 77.1 cm³/mol. The summed E-state index contributed by atoms with van der Waals surface area (Å²) in [6.07, 6.45) is 1.38. The zero-order chi connectivity index (χ0) is 17.0. The van der Waals surface area contributed by atoms with Crippen LogP contribution in [0.4, 0.5) is 8.78 Å². The number of benzene rings is 1. The molecule has 1 aromatic rings. The second kappa shape index (κ2) is 7.17. The Morgan fingerprint density at radius 2 is 2.04 bits per heavy atom. The first kappa shape index (κ1) is 16.9. The topological polar surface area (TPSA) is 87.3 Å². The van der Waals surface area contributed by atoms with Gasteiger partial charge in [0.1, 0.15) is 12.1 Å². The van der Waals surface area contributed by atoms with Gasteiger partial charge in [0.05, 0.1) is 0 Å². The molecule has 1 heterocycles. The van der Waals surface area contributed by atoms with Gasteiger partial charge in [0.2, 0.25) is 17.7 Å². The van der Waals surface area contributed by atoms with Crippen LogP contribution in [0.5, 0.6) is 0 Å². The smallest absolute Gasteiger partial charge is 0.246 e. The summed E-state index contributed by atoms with van der Waals surface area (Å²) >= 11 is 0. The second-order valence-corrected chi connectivity index (χ2v) is 5.24. The van der Waals surface area contributed by atoms with Crippen molar-refractivity contribution in [1.29, 1.82) is 0 Å².